The zero-order chi connectivity index (χ0) is 17.2. The fraction of sp³-hybridized carbons (Fsp3) is 0.412. The fourth-order valence-corrected chi connectivity index (χ4v) is 3.22. The number of imidazole rings is 1. The van der Waals surface area contributed by atoms with Gasteiger partial charge in [0.1, 0.15) is 17.7 Å². The first-order chi connectivity index (χ1) is 12.2. The standard InChI is InChI=1S/C17H20N6O2/c1-11-21-17(25-22-11)13-2-3-14(20-10-13)23-8-4-12(5-9-23)15(24)16-18-6-7-19-16/h2-3,6-7,10,12,15,24H,4-5,8-9H2,1H3,(H,18,19). The van der Waals surface area contributed by atoms with E-state index in [4.69, 9.17) is 4.52 Å². The van der Waals surface area contributed by atoms with E-state index >= 15 is 0 Å². The number of hydrogen-bond donors (Lipinski definition) is 2. The second-order valence-corrected chi connectivity index (χ2v) is 6.30. The third kappa shape index (κ3) is 3.25. The highest BCUT2D eigenvalue weighted by Crippen LogP contribution is 2.30. The van der Waals surface area contributed by atoms with Gasteiger partial charge in [-0.25, -0.2) is 9.97 Å². The number of piperidine rings is 1. The molecule has 4 heterocycles. The van der Waals surface area contributed by atoms with Crippen molar-refractivity contribution in [2.75, 3.05) is 18.0 Å². The zero-order valence-electron chi connectivity index (χ0n) is 14.0. The Morgan fingerprint density at radius 2 is 2.12 bits per heavy atom. The van der Waals surface area contributed by atoms with E-state index < -0.39 is 6.10 Å². The molecule has 1 aliphatic heterocycles. The molecule has 8 heteroatoms. The maximum atomic E-state index is 10.4. The summed E-state index contributed by atoms with van der Waals surface area (Å²) in [6.45, 7) is 3.50. The van der Waals surface area contributed by atoms with Gasteiger partial charge in [0.05, 0.1) is 5.56 Å². The molecule has 8 nitrogen and oxygen atoms in total. The number of aliphatic hydroxyl groups excluding tert-OH is 1. The van der Waals surface area contributed by atoms with Gasteiger partial charge < -0.3 is 19.5 Å². The normalized spacial score (nSPS) is 17.0. The number of hydrogen-bond acceptors (Lipinski definition) is 7. The summed E-state index contributed by atoms with van der Waals surface area (Å²) in [5.74, 6) is 2.87. The second-order valence-electron chi connectivity index (χ2n) is 6.30. The molecule has 4 rings (SSSR count). The molecule has 3 aromatic heterocycles. The number of aromatic nitrogens is 5. The summed E-state index contributed by atoms with van der Waals surface area (Å²) in [5, 5.41) is 14.2. The van der Waals surface area contributed by atoms with Gasteiger partial charge in [-0.2, -0.15) is 4.98 Å². The number of nitrogens with zero attached hydrogens (tertiary/aromatic N) is 5. The first-order valence-corrected chi connectivity index (χ1v) is 8.40. The molecule has 1 atom stereocenters. The van der Waals surface area contributed by atoms with Gasteiger partial charge in [-0.3, -0.25) is 0 Å². The summed E-state index contributed by atoms with van der Waals surface area (Å²) in [6.07, 6.45) is 6.43. The lowest BCUT2D eigenvalue weighted by molar-refractivity contribution is 0.0856. The van der Waals surface area contributed by atoms with E-state index in [0.29, 0.717) is 17.5 Å². The van der Waals surface area contributed by atoms with Crippen LogP contribution in [0.1, 0.15) is 30.6 Å². The molecule has 0 radical (unpaired) electrons. The maximum absolute atomic E-state index is 10.4. The molecular formula is C17H20N6O2. The fourth-order valence-electron chi connectivity index (χ4n) is 3.22. The molecule has 0 spiro atoms. The van der Waals surface area contributed by atoms with Gasteiger partial charge in [0.15, 0.2) is 5.82 Å². The van der Waals surface area contributed by atoms with Crippen molar-refractivity contribution in [1.82, 2.24) is 25.1 Å². The van der Waals surface area contributed by atoms with Gasteiger partial charge in [0.2, 0.25) is 0 Å². The number of nitrogens with one attached hydrogen (secondary N) is 1. The minimum atomic E-state index is -0.534. The van der Waals surface area contributed by atoms with E-state index in [-0.39, 0.29) is 5.92 Å². The molecule has 0 saturated carbocycles. The first kappa shape index (κ1) is 15.8. The van der Waals surface area contributed by atoms with Crippen molar-refractivity contribution in [2.24, 2.45) is 5.92 Å². The molecule has 1 saturated heterocycles. The van der Waals surface area contributed by atoms with E-state index in [1.165, 1.54) is 0 Å². The second kappa shape index (κ2) is 6.64. The van der Waals surface area contributed by atoms with Crippen LogP contribution in [0, 0.1) is 12.8 Å². The summed E-state index contributed by atoms with van der Waals surface area (Å²) in [7, 11) is 0. The Morgan fingerprint density at radius 3 is 2.72 bits per heavy atom. The van der Waals surface area contributed by atoms with Crippen LogP contribution in [-0.4, -0.2) is 43.3 Å². The van der Waals surface area contributed by atoms with Gasteiger partial charge in [-0.1, -0.05) is 5.16 Å². The van der Waals surface area contributed by atoms with Crippen LogP contribution in [0.3, 0.4) is 0 Å². The third-order valence-corrected chi connectivity index (χ3v) is 4.63. The average molecular weight is 340 g/mol. The van der Waals surface area contributed by atoms with Crippen molar-refractivity contribution >= 4 is 5.82 Å². The van der Waals surface area contributed by atoms with E-state index in [9.17, 15) is 5.11 Å². The van der Waals surface area contributed by atoms with Crippen LogP contribution in [0.2, 0.25) is 0 Å². The van der Waals surface area contributed by atoms with Crippen molar-refractivity contribution in [3.63, 3.8) is 0 Å². The van der Waals surface area contributed by atoms with Crippen LogP contribution in [0.25, 0.3) is 11.5 Å². The number of anilines is 1. The highest BCUT2D eigenvalue weighted by molar-refractivity contribution is 5.54. The lowest BCUT2D eigenvalue weighted by Gasteiger charge is -2.34. The quantitative estimate of drug-likeness (QED) is 0.749. The van der Waals surface area contributed by atoms with Gasteiger partial charge in [-0.05, 0) is 37.8 Å². The predicted octanol–water partition coefficient (Wildman–Crippen LogP) is 2.11. The van der Waals surface area contributed by atoms with Crippen molar-refractivity contribution in [3.8, 4) is 11.5 Å². The molecule has 0 aromatic carbocycles. The van der Waals surface area contributed by atoms with Crippen LogP contribution in [0.4, 0.5) is 5.82 Å². The summed E-state index contributed by atoms with van der Waals surface area (Å²) >= 11 is 0. The van der Waals surface area contributed by atoms with Crippen LogP contribution in [-0.2, 0) is 0 Å². The number of aryl methyl sites for hydroxylation is 1. The molecule has 130 valence electrons. The molecular weight excluding hydrogens is 320 g/mol. The summed E-state index contributed by atoms with van der Waals surface area (Å²) in [4.78, 5) is 18.1. The molecule has 1 fully saturated rings. The number of aromatic amines is 1. The molecule has 0 aliphatic carbocycles. The van der Waals surface area contributed by atoms with Crippen LogP contribution >= 0.6 is 0 Å². The summed E-state index contributed by atoms with van der Waals surface area (Å²) in [6, 6.07) is 3.91. The van der Waals surface area contributed by atoms with Gasteiger partial charge >= 0.3 is 0 Å². The minimum Gasteiger partial charge on any atom is -0.385 e. The Kier molecular flexibility index (Phi) is 4.19. The summed E-state index contributed by atoms with van der Waals surface area (Å²) in [5.41, 5.74) is 0.812. The van der Waals surface area contributed by atoms with Crippen molar-refractivity contribution in [3.05, 3.63) is 42.4 Å². The molecule has 1 unspecified atom stereocenters. The van der Waals surface area contributed by atoms with Crippen LogP contribution in [0.15, 0.2) is 35.2 Å². The Balaban J connectivity index is 1.39. The van der Waals surface area contributed by atoms with E-state index in [1.54, 1.807) is 25.5 Å². The first-order valence-electron chi connectivity index (χ1n) is 8.40. The van der Waals surface area contributed by atoms with E-state index in [1.807, 2.05) is 12.1 Å². The lowest BCUT2D eigenvalue weighted by Crippen LogP contribution is -2.36. The Labute approximate surface area is 144 Å². The molecule has 0 bridgehead atoms. The molecule has 2 N–H and O–H groups in total. The molecule has 0 amide bonds. The molecule has 25 heavy (non-hydrogen) atoms. The average Bonchev–Trinajstić information content (AvgIpc) is 3.33. The highest BCUT2D eigenvalue weighted by Gasteiger charge is 2.28. The Bertz CT molecular complexity index is 806. The van der Waals surface area contributed by atoms with Gasteiger partial charge in [-0.15, -0.1) is 0 Å². The zero-order valence-corrected chi connectivity index (χ0v) is 14.0. The van der Waals surface area contributed by atoms with E-state index in [2.05, 4.69) is 30.0 Å². The van der Waals surface area contributed by atoms with Crippen molar-refractivity contribution in [1.29, 1.82) is 0 Å². The minimum absolute atomic E-state index is 0.211. The Morgan fingerprint density at radius 1 is 1.28 bits per heavy atom. The van der Waals surface area contributed by atoms with Crippen molar-refractivity contribution in [2.45, 2.75) is 25.9 Å². The highest BCUT2D eigenvalue weighted by atomic mass is 16.5. The smallest absolute Gasteiger partial charge is 0.259 e. The topological polar surface area (TPSA) is 104 Å². The Hall–Kier alpha value is -2.74. The summed E-state index contributed by atoms with van der Waals surface area (Å²) < 4.78 is 5.16. The lowest BCUT2D eigenvalue weighted by atomic mass is 9.91. The SMILES string of the molecule is Cc1noc(-c2ccc(N3CCC(C(O)c4ncc[nH]4)CC3)nc2)n1. The third-order valence-electron chi connectivity index (χ3n) is 4.63. The van der Waals surface area contributed by atoms with E-state index in [0.717, 1.165) is 37.3 Å². The maximum Gasteiger partial charge on any atom is 0.259 e. The van der Waals surface area contributed by atoms with Crippen molar-refractivity contribution < 1.29 is 9.63 Å². The predicted molar refractivity (Wildman–Crippen MR) is 90.8 cm³/mol. The monoisotopic (exact) mass is 340 g/mol. The van der Waals surface area contributed by atoms with Gasteiger partial charge in [0, 0.05) is 31.7 Å². The largest absolute Gasteiger partial charge is 0.385 e. The number of aliphatic hydroxyl groups is 1. The van der Waals surface area contributed by atoms with Crippen LogP contribution in [0.5, 0.6) is 0 Å². The number of pyridine rings is 1. The number of H-pyrrole nitrogens is 1. The molecule has 3 aromatic rings. The number of rotatable bonds is 4. The van der Waals surface area contributed by atoms with Crippen LogP contribution < -0.4 is 4.90 Å². The molecule has 1 aliphatic rings. The van der Waals surface area contributed by atoms with Gasteiger partial charge in [0.25, 0.3) is 5.89 Å².